The lowest BCUT2D eigenvalue weighted by Crippen LogP contribution is -2.25. The van der Waals surface area contributed by atoms with Crippen molar-refractivity contribution >= 4 is 35.4 Å². The zero-order chi connectivity index (χ0) is 22.9. The highest BCUT2D eigenvalue weighted by Crippen LogP contribution is 2.29. The number of methoxy groups -OCH3 is 1. The summed E-state index contributed by atoms with van der Waals surface area (Å²) in [6.45, 7) is 5.46. The van der Waals surface area contributed by atoms with E-state index in [1.54, 1.807) is 12.1 Å². The third-order valence-corrected chi connectivity index (χ3v) is 4.49. The Balaban J connectivity index is 1.88. The molecule has 0 bridgehead atoms. The van der Waals surface area contributed by atoms with E-state index in [-0.39, 0.29) is 17.4 Å². The number of ether oxygens (including phenoxy) is 1. The van der Waals surface area contributed by atoms with Gasteiger partial charge in [0.25, 0.3) is 0 Å². The average molecular weight is 436 g/mol. The molecule has 0 unspecified atom stereocenters. The molecule has 11 nitrogen and oxygen atoms in total. The van der Waals surface area contributed by atoms with Gasteiger partial charge in [0.2, 0.25) is 23.6 Å². The number of hydrogen-bond acceptors (Lipinski definition) is 10. The van der Waals surface area contributed by atoms with E-state index in [0.29, 0.717) is 17.5 Å². The second-order valence-electron chi connectivity index (χ2n) is 6.47. The van der Waals surface area contributed by atoms with Crippen molar-refractivity contribution in [1.82, 2.24) is 15.0 Å². The summed E-state index contributed by atoms with van der Waals surface area (Å²) in [7, 11) is 1.37. The number of nitrogens with one attached hydrogen (secondary N) is 2. The predicted molar refractivity (Wildman–Crippen MR) is 124 cm³/mol. The first-order chi connectivity index (χ1) is 15.5. The minimum absolute atomic E-state index is 0.119. The quantitative estimate of drug-likeness (QED) is 0.276. The number of nitro benzene ring substituents is 1. The Bertz CT molecular complexity index is 1090. The number of nitrogens with zero attached hydrogens (tertiary/aromatic N) is 6. The van der Waals surface area contributed by atoms with Crippen LogP contribution in [0, 0.1) is 10.1 Å². The number of hydrogen-bond donors (Lipinski definition) is 2. The van der Waals surface area contributed by atoms with Crippen molar-refractivity contribution in [3.05, 3.63) is 64.2 Å². The van der Waals surface area contributed by atoms with Gasteiger partial charge in [-0.2, -0.15) is 20.1 Å². The van der Waals surface area contributed by atoms with Gasteiger partial charge in [-0.25, -0.2) is 5.43 Å². The SMILES string of the molecule is CCN(CC)c1nc(N/N=C/c2cccc([N+](=O)[O-])c2OC)nc(Nc2ccccc2)n1. The van der Waals surface area contributed by atoms with Gasteiger partial charge in [-0.15, -0.1) is 0 Å². The number of nitro groups is 1. The second-order valence-corrected chi connectivity index (χ2v) is 6.47. The molecule has 3 aromatic rings. The van der Waals surface area contributed by atoms with Gasteiger partial charge in [0.1, 0.15) is 0 Å². The molecule has 0 atom stereocenters. The minimum Gasteiger partial charge on any atom is -0.490 e. The fourth-order valence-electron chi connectivity index (χ4n) is 2.94. The fourth-order valence-corrected chi connectivity index (χ4v) is 2.94. The van der Waals surface area contributed by atoms with Gasteiger partial charge in [0, 0.05) is 30.4 Å². The molecule has 0 radical (unpaired) electrons. The lowest BCUT2D eigenvalue weighted by Gasteiger charge is -2.19. The summed E-state index contributed by atoms with van der Waals surface area (Å²) >= 11 is 0. The van der Waals surface area contributed by atoms with Crippen molar-refractivity contribution in [1.29, 1.82) is 0 Å². The summed E-state index contributed by atoms with van der Waals surface area (Å²) in [5, 5.41) is 18.5. The van der Waals surface area contributed by atoms with E-state index in [9.17, 15) is 10.1 Å². The molecular weight excluding hydrogens is 412 g/mol. The van der Waals surface area contributed by atoms with Crippen LogP contribution in [-0.2, 0) is 0 Å². The molecule has 1 heterocycles. The molecule has 0 fully saturated rings. The first kappa shape index (κ1) is 22.4. The molecule has 1 aromatic heterocycles. The first-order valence-corrected chi connectivity index (χ1v) is 9.99. The molecule has 0 aliphatic carbocycles. The van der Waals surface area contributed by atoms with Crippen molar-refractivity contribution in [3.63, 3.8) is 0 Å². The van der Waals surface area contributed by atoms with E-state index in [0.717, 1.165) is 18.8 Å². The van der Waals surface area contributed by atoms with Crippen LogP contribution in [0.15, 0.2) is 53.6 Å². The number of aromatic nitrogens is 3. The Morgan fingerprint density at radius 1 is 1.06 bits per heavy atom. The van der Waals surface area contributed by atoms with E-state index in [1.165, 1.54) is 19.4 Å². The Kier molecular flexibility index (Phi) is 7.46. The van der Waals surface area contributed by atoms with Gasteiger partial charge in [0.15, 0.2) is 0 Å². The van der Waals surface area contributed by atoms with Crippen molar-refractivity contribution in [2.24, 2.45) is 5.10 Å². The maximum atomic E-state index is 11.2. The van der Waals surface area contributed by atoms with Crippen LogP contribution >= 0.6 is 0 Å². The largest absolute Gasteiger partial charge is 0.490 e. The van der Waals surface area contributed by atoms with Gasteiger partial charge in [-0.05, 0) is 32.0 Å². The van der Waals surface area contributed by atoms with Crippen LogP contribution in [-0.4, -0.2) is 46.3 Å². The molecule has 0 aliphatic rings. The van der Waals surface area contributed by atoms with Gasteiger partial charge in [-0.3, -0.25) is 10.1 Å². The summed E-state index contributed by atoms with van der Waals surface area (Å²) in [6, 6.07) is 14.1. The van der Waals surface area contributed by atoms with E-state index >= 15 is 0 Å². The maximum absolute atomic E-state index is 11.2. The highest BCUT2D eigenvalue weighted by atomic mass is 16.6. The van der Waals surface area contributed by atoms with Crippen molar-refractivity contribution in [2.45, 2.75) is 13.8 Å². The molecule has 32 heavy (non-hydrogen) atoms. The molecule has 0 saturated heterocycles. The standard InChI is InChI=1S/C21H24N8O3/c1-4-28(5-2)21-25-19(23-16-11-7-6-8-12-16)24-20(26-21)27-22-14-15-10-9-13-17(29(30)31)18(15)32-3/h6-14H,4-5H2,1-3H3,(H2,23,24,25,26,27)/b22-14+. The third kappa shape index (κ3) is 5.45. The van der Waals surface area contributed by atoms with E-state index in [1.807, 2.05) is 49.1 Å². The molecular formula is C21H24N8O3. The van der Waals surface area contributed by atoms with Crippen LogP contribution < -0.4 is 20.4 Å². The number of benzene rings is 2. The summed E-state index contributed by atoms with van der Waals surface area (Å²) < 4.78 is 5.19. The summed E-state index contributed by atoms with van der Waals surface area (Å²) in [5.41, 5.74) is 3.91. The molecule has 2 aromatic carbocycles. The van der Waals surface area contributed by atoms with E-state index < -0.39 is 4.92 Å². The molecule has 166 valence electrons. The summed E-state index contributed by atoms with van der Waals surface area (Å²) in [5.74, 6) is 1.20. The highest BCUT2D eigenvalue weighted by molar-refractivity contribution is 5.86. The molecule has 3 rings (SSSR count). The lowest BCUT2D eigenvalue weighted by molar-refractivity contribution is -0.385. The molecule has 11 heteroatoms. The van der Waals surface area contributed by atoms with Gasteiger partial charge < -0.3 is 15.0 Å². The zero-order valence-corrected chi connectivity index (χ0v) is 18.0. The average Bonchev–Trinajstić information content (AvgIpc) is 2.80. The van der Waals surface area contributed by atoms with Crippen LogP contribution in [0.3, 0.4) is 0 Å². The van der Waals surface area contributed by atoms with E-state index in [2.05, 4.69) is 30.8 Å². The first-order valence-electron chi connectivity index (χ1n) is 9.99. The highest BCUT2D eigenvalue weighted by Gasteiger charge is 2.17. The molecule has 0 spiro atoms. The van der Waals surface area contributed by atoms with Crippen molar-refractivity contribution < 1.29 is 9.66 Å². The monoisotopic (exact) mass is 436 g/mol. The second kappa shape index (κ2) is 10.7. The number of hydrazone groups is 1. The lowest BCUT2D eigenvalue weighted by atomic mass is 10.2. The Morgan fingerprint density at radius 2 is 1.78 bits per heavy atom. The number of para-hydroxylation sites is 2. The van der Waals surface area contributed by atoms with Crippen LogP contribution in [0.2, 0.25) is 0 Å². The van der Waals surface area contributed by atoms with Crippen molar-refractivity contribution in [3.8, 4) is 5.75 Å². The van der Waals surface area contributed by atoms with E-state index in [4.69, 9.17) is 4.74 Å². The zero-order valence-electron chi connectivity index (χ0n) is 18.0. The normalized spacial score (nSPS) is 10.7. The Hall–Kier alpha value is -4.28. The molecule has 0 amide bonds. The summed E-state index contributed by atoms with van der Waals surface area (Å²) in [4.78, 5) is 26.0. The van der Waals surface area contributed by atoms with Gasteiger partial charge in [-0.1, -0.05) is 24.3 Å². The van der Waals surface area contributed by atoms with Crippen LogP contribution in [0.4, 0.5) is 29.2 Å². The maximum Gasteiger partial charge on any atom is 0.311 e. The Morgan fingerprint density at radius 3 is 2.44 bits per heavy atom. The van der Waals surface area contributed by atoms with Crippen LogP contribution in [0.25, 0.3) is 0 Å². The summed E-state index contributed by atoms with van der Waals surface area (Å²) in [6.07, 6.45) is 1.41. The third-order valence-electron chi connectivity index (χ3n) is 4.49. The smallest absolute Gasteiger partial charge is 0.311 e. The minimum atomic E-state index is -0.506. The Labute approximate surface area is 185 Å². The molecule has 0 saturated carbocycles. The van der Waals surface area contributed by atoms with Gasteiger partial charge in [0.05, 0.1) is 18.2 Å². The molecule has 2 N–H and O–H groups in total. The molecule has 0 aliphatic heterocycles. The topological polar surface area (TPSA) is 131 Å². The fraction of sp³-hybridized carbons (Fsp3) is 0.238. The number of rotatable bonds is 10. The van der Waals surface area contributed by atoms with Crippen LogP contribution in [0.5, 0.6) is 5.75 Å². The predicted octanol–water partition coefficient (Wildman–Crippen LogP) is 3.82. The van der Waals surface area contributed by atoms with Crippen molar-refractivity contribution in [2.75, 3.05) is 35.8 Å². The van der Waals surface area contributed by atoms with Crippen LogP contribution in [0.1, 0.15) is 19.4 Å². The van der Waals surface area contributed by atoms with Gasteiger partial charge >= 0.3 is 5.69 Å². The number of anilines is 4.